The number of thiazole rings is 3. The number of amides is 2. The molecule has 0 bridgehead atoms. The van der Waals surface area contributed by atoms with E-state index in [0.29, 0.717) is 119 Å². The predicted octanol–water partition coefficient (Wildman–Crippen LogP) is 18.5. The number of halogens is 16. The maximum absolute atomic E-state index is 13.2. The van der Waals surface area contributed by atoms with Crippen LogP contribution in [-0.2, 0) is 78.5 Å². The van der Waals surface area contributed by atoms with Crippen molar-refractivity contribution in [3.8, 4) is 21.1 Å². The molecule has 0 fully saturated rings. The number of nitrogens with two attached hydrogens (primary N) is 1. The zero-order valence-electron chi connectivity index (χ0n) is 68.3. The van der Waals surface area contributed by atoms with E-state index >= 15 is 0 Å². The van der Waals surface area contributed by atoms with Crippen molar-refractivity contribution in [3.05, 3.63) is 256 Å². The van der Waals surface area contributed by atoms with Crippen LogP contribution >= 0.6 is 49.9 Å². The highest BCUT2D eigenvalue weighted by Crippen LogP contribution is 2.48. The standard InChI is InChI=1S/C27H22F3N5O4S.C25H20F3N5O3S.C15H15NO3S.C13H10BrF3N4O.2C2HF3O2/c1-14(36)33-18-11-20(34-23(12-18)35-22-10-17(6-8-31-22)27(28,29)30)21-13-32-25(40-21)26(39)7-2-3-15-9-16(24(37)38)4-5-19(15)26;26-25(27,28)15-5-7-30-20(9-15)33-21-11-16(29)10-18(32-21)19-12-31-23(37-19)24(36)6-1-2-13-8-14(22(34)35)3-4-17(13)24;1-19-13(17)11-4-5-12-10(9-11)3-2-6-15(12,18)14-16-7-8-20-14;1-7(22)19-9-5-10(14)20-12(6-9)21-11-4-8(2-3-18-11)13(15,16)17;2*3-2(4,5)1(6)7/h4-6,8-13,39H,2-3,7H2,1H3,(H,37,38)(H2,31,33,34,35,36);3-5,7-12,36H,1-2,6H2,(H,34,35)(H3,29,30,32,33);4-5,7-9,18H,2-3,6H2,1H3;2-6H,1H3,(H2,18,19,20,21,22);2*(H,6,7)/t26-;24-;15-;;;/m111.../s1. The van der Waals surface area contributed by atoms with Crippen molar-refractivity contribution in [1.29, 1.82) is 0 Å². The number of carbonyl (C=O) groups excluding carboxylic acids is 3. The second-order valence-corrected chi connectivity index (χ2v) is 32.5. The van der Waals surface area contributed by atoms with Gasteiger partial charge in [0.05, 0.1) is 61.6 Å². The Hall–Kier alpha value is -13.8. The number of alkyl halides is 15. The van der Waals surface area contributed by atoms with Crippen LogP contribution in [0.3, 0.4) is 0 Å². The molecule has 0 unspecified atom stereocenters. The molecule has 0 saturated heterocycles. The fourth-order valence-corrected chi connectivity index (χ4v) is 16.6. The minimum absolute atomic E-state index is 0.00537. The SMILES string of the molecule is CC(=O)Nc1cc(Br)nc(Nc2cc(C(F)(F)F)ccn2)c1.CC(=O)Nc1cc(Nc2cc(C(F)(F)F)ccn2)nc(-c2cnc([C@@]3(O)CCCc4cc(C(=O)O)ccc43)s2)c1.COC(=O)c1ccc2c(c1)CCC[C@]2(O)c1nccs1.Nc1cc(Nc2cc(C(F)(F)F)ccn2)nc(-c2cnc([C@@]3(O)CCCc4cc(C(=O)O)ccc43)s2)c1.O=C(O)C(F)(F)F.O=C(O)C(F)(F)F. The number of fused-ring (bicyclic) bond motifs is 3. The fourth-order valence-electron chi connectivity index (χ4n) is 13.4. The molecule has 15 rings (SSSR count). The van der Waals surface area contributed by atoms with Crippen LogP contribution in [-0.4, -0.2) is 142 Å². The highest BCUT2D eigenvalue weighted by molar-refractivity contribution is 9.10. The number of carbonyl (C=O) groups is 7. The summed E-state index contributed by atoms with van der Waals surface area (Å²) in [5.41, 5.74) is 6.85. The van der Waals surface area contributed by atoms with Gasteiger partial charge >= 0.3 is 60.7 Å². The minimum atomic E-state index is -5.08. The van der Waals surface area contributed by atoms with Crippen molar-refractivity contribution in [2.45, 2.75) is 119 Å². The van der Waals surface area contributed by atoms with Crippen LogP contribution in [0.25, 0.3) is 21.1 Å². The summed E-state index contributed by atoms with van der Waals surface area (Å²) in [6.45, 7) is 2.66. The summed E-state index contributed by atoms with van der Waals surface area (Å²) >= 11 is 6.99. The van der Waals surface area contributed by atoms with Crippen molar-refractivity contribution in [2.75, 3.05) is 39.4 Å². The number of aliphatic carboxylic acids is 2. The first-order chi connectivity index (χ1) is 62.2. The maximum atomic E-state index is 13.2. The molecule has 3 atom stereocenters. The number of rotatable bonds is 16. The maximum Gasteiger partial charge on any atom is 0.490 e. The molecule has 0 aliphatic heterocycles. The lowest BCUT2D eigenvalue weighted by Crippen LogP contribution is -2.32. The number of aryl methyl sites for hydroxylation is 3. The zero-order valence-corrected chi connectivity index (χ0v) is 72.3. The van der Waals surface area contributed by atoms with Crippen molar-refractivity contribution < 1.29 is 140 Å². The second kappa shape index (κ2) is 41.8. The van der Waals surface area contributed by atoms with Gasteiger partial charge in [-0.15, -0.1) is 34.0 Å². The summed E-state index contributed by atoms with van der Waals surface area (Å²) in [5, 5.41) is 84.0. The zero-order chi connectivity index (χ0) is 97.7. The summed E-state index contributed by atoms with van der Waals surface area (Å²) in [4.78, 5) is 114. The van der Waals surface area contributed by atoms with Crippen LogP contribution in [0.4, 0.5) is 118 Å². The lowest BCUT2D eigenvalue weighted by atomic mass is 9.79. The average molecular weight is 1990 g/mol. The molecule has 2 amide bonds. The number of benzene rings is 3. The number of aromatic nitrogens is 9. The molecule has 3 aliphatic carbocycles. The lowest BCUT2D eigenvalue weighted by molar-refractivity contribution is -0.193. The van der Waals surface area contributed by atoms with Crippen molar-refractivity contribution in [3.63, 3.8) is 0 Å². The molecular weight excluding hydrogens is 1920 g/mol. The van der Waals surface area contributed by atoms with Gasteiger partial charge in [0.2, 0.25) is 11.8 Å². The minimum Gasteiger partial charge on any atom is -0.478 e. The second-order valence-electron chi connectivity index (χ2n) is 28.7. The molecule has 0 saturated carbocycles. The number of hydrogen-bond donors (Lipinski definition) is 13. The highest BCUT2D eigenvalue weighted by atomic mass is 79.9. The van der Waals surface area contributed by atoms with Gasteiger partial charge in [0, 0.05) is 91.7 Å². The van der Waals surface area contributed by atoms with E-state index < -0.39 is 88.3 Å². The van der Waals surface area contributed by atoms with Gasteiger partial charge in [-0.05, 0) is 198 Å². The van der Waals surface area contributed by atoms with Crippen molar-refractivity contribution >= 4 is 144 Å². The third kappa shape index (κ3) is 26.6. The number of ether oxygens (including phenoxy) is 1. The van der Waals surface area contributed by atoms with Gasteiger partial charge in [0.1, 0.15) is 71.3 Å². The van der Waals surface area contributed by atoms with Crippen LogP contribution in [0, 0.1) is 0 Å². The van der Waals surface area contributed by atoms with E-state index in [0.717, 1.165) is 90.1 Å². The molecule has 0 spiro atoms. The fraction of sp³-hybridized carbons (Fsp3) is 0.238. The highest BCUT2D eigenvalue weighted by Gasteiger charge is 2.44. The van der Waals surface area contributed by atoms with Gasteiger partial charge in [0.25, 0.3) is 0 Å². The number of aromatic carboxylic acids is 2. The Morgan fingerprint density at radius 3 is 1.14 bits per heavy atom. The van der Waals surface area contributed by atoms with Gasteiger partial charge in [0.15, 0.2) is 0 Å². The summed E-state index contributed by atoms with van der Waals surface area (Å²) < 4.78 is 185. The van der Waals surface area contributed by atoms with Gasteiger partial charge < -0.3 is 72.8 Å². The molecule has 30 nitrogen and oxygen atoms in total. The Kier molecular flexibility index (Phi) is 31.8. The van der Waals surface area contributed by atoms with E-state index in [1.165, 1.54) is 91.5 Å². The molecule has 133 heavy (non-hydrogen) atoms. The van der Waals surface area contributed by atoms with E-state index in [4.69, 9.17) is 30.3 Å². The number of esters is 1. The smallest absolute Gasteiger partial charge is 0.478 e. The largest absolute Gasteiger partial charge is 0.490 e. The van der Waals surface area contributed by atoms with E-state index in [2.05, 4.69) is 87.4 Å². The molecule has 0 radical (unpaired) electrons. The van der Waals surface area contributed by atoms with E-state index in [9.17, 15) is 115 Å². The Morgan fingerprint density at radius 2 is 0.782 bits per heavy atom. The third-order valence-electron chi connectivity index (χ3n) is 19.2. The topological polar surface area (TPSA) is 473 Å². The van der Waals surface area contributed by atoms with Gasteiger partial charge in [-0.2, -0.15) is 65.9 Å². The molecule has 3 aromatic carbocycles. The quantitative estimate of drug-likeness (QED) is 0.0243. The number of nitrogens with zero attached hydrogens (tertiary/aromatic N) is 9. The number of methoxy groups -OCH3 is 1. The number of nitrogen functional groups attached to an aromatic ring is 1. The number of carboxylic acids is 4. The molecule has 9 heterocycles. The molecular formula is C84H69BrF15N15O15S3. The first kappa shape index (κ1) is 101. The Bertz CT molecular complexity index is 6290. The predicted molar refractivity (Wildman–Crippen MR) is 455 cm³/mol. The molecule has 700 valence electrons. The Morgan fingerprint density at radius 1 is 0.429 bits per heavy atom. The van der Waals surface area contributed by atoms with Crippen LogP contribution in [0.2, 0.25) is 0 Å². The van der Waals surface area contributed by atoms with Gasteiger partial charge in [-0.25, -0.2) is 68.8 Å². The van der Waals surface area contributed by atoms with Gasteiger partial charge in [-0.3, -0.25) is 9.59 Å². The number of hydrogen-bond acceptors (Lipinski definition) is 27. The summed E-state index contributed by atoms with van der Waals surface area (Å²) in [6.07, 6.45) is -10.1. The van der Waals surface area contributed by atoms with Gasteiger partial charge in [-0.1, -0.05) is 18.2 Å². The molecule has 9 aromatic heterocycles. The molecule has 14 N–H and O–H groups in total. The number of nitrogens with one attached hydrogen (secondary N) is 5. The molecule has 12 aromatic rings. The van der Waals surface area contributed by atoms with E-state index in [-0.39, 0.29) is 63.8 Å². The summed E-state index contributed by atoms with van der Waals surface area (Å²) in [5.74, 6) is -8.17. The Balaban J connectivity index is 0.000000180. The number of carboxylic acid groups (broad SMARTS) is 4. The van der Waals surface area contributed by atoms with Crippen molar-refractivity contribution in [1.82, 2.24) is 44.9 Å². The summed E-state index contributed by atoms with van der Waals surface area (Å²) in [7, 11) is 1.37. The summed E-state index contributed by atoms with van der Waals surface area (Å²) in [6, 6.07) is 29.0. The van der Waals surface area contributed by atoms with Crippen LogP contribution in [0.15, 0.2) is 175 Å². The molecule has 3 aliphatic rings. The van der Waals surface area contributed by atoms with E-state index in [1.807, 2.05) is 17.5 Å². The number of pyridine rings is 6. The monoisotopic (exact) mass is 1990 g/mol. The van der Waals surface area contributed by atoms with E-state index in [1.54, 1.807) is 60.9 Å². The van der Waals surface area contributed by atoms with Crippen LogP contribution in [0.5, 0.6) is 0 Å². The normalized spacial score (nSPS) is 16.1. The number of anilines is 9. The first-order valence-electron chi connectivity index (χ1n) is 38.2. The van der Waals surface area contributed by atoms with Crippen molar-refractivity contribution in [2.24, 2.45) is 0 Å². The first-order valence-corrected chi connectivity index (χ1v) is 41.5. The lowest BCUT2D eigenvalue weighted by Gasteiger charge is -2.33. The third-order valence-corrected chi connectivity index (χ3v) is 22.8. The average Bonchev–Trinajstić information content (AvgIpc) is 1.75. The van der Waals surface area contributed by atoms with Crippen LogP contribution in [0.1, 0.15) is 149 Å². The number of aliphatic hydroxyl groups is 3. The molecule has 49 heteroatoms. The van der Waals surface area contributed by atoms with Crippen LogP contribution < -0.4 is 32.3 Å². The Labute approximate surface area is 760 Å².